The van der Waals surface area contributed by atoms with Gasteiger partial charge in [0.25, 0.3) is 5.69 Å². The van der Waals surface area contributed by atoms with E-state index in [0.717, 1.165) is 25.1 Å². The maximum Gasteiger partial charge on any atom is 0.290 e. The van der Waals surface area contributed by atoms with E-state index in [9.17, 15) is 14.5 Å². The first kappa shape index (κ1) is 13.2. The van der Waals surface area contributed by atoms with Crippen LogP contribution >= 0.6 is 0 Å². The average molecular weight is 281 g/mol. The predicted octanol–water partition coefficient (Wildman–Crippen LogP) is 2.13. The van der Waals surface area contributed by atoms with E-state index in [0.29, 0.717) is 19.0 Å². The van der Waals surface area contributed by atoms with Gasteiger partial charge in [0.05, 0.1) is 23.2 Å². The molecule has 2 aliphatic rings. The normalized spacial score (nSPS) is 26.6. The number of hydrogen-bond donors (Lipinski definition) is 0. The van der Waals surface area contributed by atoms with E-state index >= 15 is 0 Å². The van der Waals surface area contributed by atoms with Crippen LogP contribution in [0.1, 0.15) is 19.8 Å². The molecular formula is C13H16FN3O3. The summed E-state index contributed by atoms with van der Waals surface area (Å²) >= 11 is 0. The fraction of sp³-hybridized carbons (Fsp3) is 0.615. The third-order valence-electron chi connectivity index (χ3n) is 3.75. The van der Waals surface area contributed by atoms with Crippen molar-refractivity contribution in [3.8, 4) is 0 Å². The van der Waals surface area contributed by atoms with Crippen LogP contribution in [0, 0.1) is 21.8 Å². The van der Waals surface area contributed by atoms with Gasteiger partial charge in [-0.2, -0.15) is 0 Å². The lowest BCUT2D eigenvalue weighted by molar-refractivity contribution is -0.385. The van der Waals surface area contributed by atoms with Gasteiger partial charge >= 0.3 is 0 Å². The average Bonchev–Trinajstić information content (AvgIpc) is 3.21. The Morgan fingerprint density at radius 2 is 2.25 bits per heavy atom. The van der Waals surface area contributed by atoms with Crippen LogP contribution in [0.15, 0.2) is 12.3 Å². The van der Waals surface area contributed by atoms with Crippen LogP contribution in [0.4, 0.5) is 15.9 Å². The summed E-state index contributed by atoms with van der Waals surface area (Å²) in [6.45, 7) is 3.09. The van der Waals surface area contributed by atoms with Crippen LogP contribution in [0.3, 0.4) is 0 Å². The third kappa shape index (κ3) is 2.58. The molecule has 2 atom stereocenters. The van der Waals surface area contributed by atoms with E-state index in [4.69, 9.17) is 4.74 Å². The standard InChI is InChI=1S/C13H16FN3O3/c1-8-6-16(7-12(20-8)9-2-3-9)13-11(14)4-10(5-15-13)17(18)19/h4-5,8-9,12H,2-3,6-7H2,1H3/t8-,12-/m0/s1. The molecule has 0 aromatic carbocycles. The predicted molar refractivity (Wildman–Crippen MR) is 70.1 cm³/mol. The maximum absolute atomic E-state index is 14.0. The van der Waals surface area contributed by atoms with E-state index in [1.54, 1.807) is 0 Å². The molecular weight excluding hydrogens is 265 g/mol. The van der Waals surface area contributed by atoms with Crippen molar-refractivity contribution >= 4 is 11.5 Å². The molecule has 3 rings (SSSR count). The molecule has 0 amide bonds. The van der Waals surface area contributed by atoms with Gasteiger partial charge in [0.1, 0.15) is 6.20 Å². The van der Waals surface area contributed by atoms with E-state index in [-0.39, 0.29) is 23.7 Å². The minimum absolute atomic E-state index is 0.00532. The Hall–Kier alpha value is -1.76. The highest BCUT2D eigenvalue weighted by atomic mass is 19.1. The number of nitro groups is 1. The summed E-state index contributed by atoms with van der Waals surface area (Å²) in [7, 11) is 0. The highest BCUT2D eigenvalue weighted by Crippen LogP contribution is 2.37. The minimum atomic E-state index is -0.650. The van der Waals surface area contributed by atoms with E-state index in [2.05, 4.69) is 4.98 Å². The van der Waals surface area contributed by atoms with Crippen molar-refractivity contribution in [1.29, 1.82) is 0 Å². The van der Waals surface area contributed by atoms with Crippen molar-refractivity contribution in [2.24, 2.45) is 5.92 Å². The zero-order valence-corrected chi connectivity index (χ0v) is 11.2. The second-order valence-corrected chi connectivity index (χ2v) is 5.48. The maximum atomic E-state index is 14.0. The van der Waals surface area contributed by atoms with Crippen molar-refractivity contribution in [3.63, 3.8) is 0 Å². The van der Waals surface area contributed by atoms with Crippen molar-refractivity contribution < 1.29 is 14.1 Å². The molecule has 20 heavy (non-hydrogen) atoms. The van der Waals surface area contributed by atoms with Gasteiger partial charge in [-0.05, 0) is 25.7 Å². The summed E-state index contributed by atoms with van der Waals surface area (Å²) in [5.74, 6) is 0.0839. The molecule has 0 radical (unpaired) electrons. The molecule has 1 saturated carbocycles. The highest BCUT2D eigenvalue weighted by molar-refractivity contribution is 5.45. The first-order valence-corrected chi connectivity index (χ1v) is 6.75. The second kappa shape index (κ2) is 4.97. The second-order valence-electron chi connectivity index (χ2n) is 5.48. The summed E-state index contributed by atoms with van der Waals surface area (Å²) < 4.78 is 19.9. The third-order valence-corrected chi connectivity index (χ3v) is 3.75. The number of hydrogen-bond acceptors (Lipinski definition) is 5. The summed E-state index contributed by atoms with van der Waals surface area (Å²) in [6.07, 6.45) is 3.52. The molecule has 0 spiro atoms. The van der Waals surface area contributed by atoms with Crippen LogP contribution in [0.25, 0.3) is 0 Å². The topological polar surface area (TPSA) is 68.5 Å². The fourth-order valence-electron chi connectivity index (χ4n) is 2.64. The molecule has 7 heteroatoms. The van der Waals surface area contributed by atoms with Gasteiger partial charge in [-0.25, -0.2) is 9.37 Å². The van der Waals surface area contributed by atoms with Gasteiger partial charge in [-0.15, -0.1) is 0 Å². The van der Waals surface area contributed by atoms with Gasteiger partial charge in [0, 0.05) is 13.1 Å². The van der Waals surface area contributed by atoms with Crippen molar-refractivity contribution in [2.45, 2.75) is 32.0 Å². The van der Waals surface area contributed by atoms with Crippen molar-refractivity contribution in [1.82, 2.24) is 4.98 Å². The molecule has 0 bridgehead atoms. The molecule has 1 saturated heterocycles. The Bertz CT molecular complexity index is 536. The Labute approximate surface area is 115 Å². The van der Waals surface area contributed by atoms with Crippen LogP contribution in [0.2, 0.25) is 0 Å². The molecule has 6 nitrogen and oxygen atoms in total. The summed E-state index contributed by atoms with van der Waals surface area (Å²) in [6, 6.07) is 0.925. The summed E-state index contributed by atoms with van der Waals surface area (Å²) in [4.78, 5) is 15.7. The van der Waals surface area contributed by atoms with Crippen LogP contribution < -0.4 is 4.90 Å². The number of rotatable bonds is 3. The number of anilines is 1. The zero-order chi connectivity index (χ0) is 14.3. The van der Waals surface area contributed by atoms with Crippen LogP contribution in [-0.4, -0.2) is 35.2 Å². The zero-order valence-electron chi connectivity index (χ0n) is 11.2. The molecule has 0 N–H and O–H groups in total. The quantitative estimate of drug-likeness (QED) is 0.627. The Kier molecular flexibility index (Phi) is 3.29. The Balaban J connectivity index is 1.82. The lowest BCUT2D eigenvalue weighted by atomic mass is 10.1. The van der Waals surface area contributed by atoms with Gasteiger partial charge in [-0.1, -0.05) is 0 Å². The molecule has 2 fully saturated rings. The first-order chi connectivity index (χ1) is 9.54. The van der Waals surface area contributed by atoms with Gasteiger partial charge in [0.15, 0.2) is 11.6 Å². The molecule has 1 aliphatic carbocycles. The SMILES string of the molecule is C[C@H]1CN(c2ncc([N+](=O)[O-])cc2F)C[C@@H](C2CC2)O1. The highest BCUT2D eigenvalue weighted by Gasteiger charge is 2.38. The summed E-state index contributed by atoms with van der Waals surface area (Å²) in [5, 5.41) is 10.6. The first-order valence-electron chi connectivity index (χ1n) is 6.75. The van der Waals surface area contributed by atoms with Crippen LogP contribution in [-0.2, 0) is 4.74 Å². The lowest BCUT2D eigenvalue weighted by Crippen LogP contribution is -2.48. The molecule has 1 aromatic rings. The minimum Gasteiger partial charge on any atom is -0.371 e. The largest absolute Gasteiger partial charge is 0.371 e. The van der Waals surface area contributed by atoms with Crippen LogP contribution in [0.5, 0.6) is 0 Å². The number of aromatic nitrogens is 1. The van der Waals surface area contributed by atoms with Gasteiger partial charge in [0.2, 0.25) is 0 Å². The van der Waals surface area contributed by atoms with Crippen molar-refractivity contribution in [3.05, 3.63) is 28.2 Å². The lowest BCUT2D eigenvalue weighted by Gasteiger charge is -2.37. The smallest absolute Gasteiger partial charge is 0.290 e. The van der Waals surface area contributed by atoms with Gasteiger partial charge < -0.3 is 9.64 Å². The molecule has 1 aromatic heterocycles. The van der Waals surface area contributed by atoms with Crippen molar-refractivity contribution in [2.75, 3.05) is 18.0 Å². The number of pyridine rings is 1. The van der Waals surface area contributed by atoms with E-state index < -0.39 is 10.7 Å². The number of morpholine rings is 1. The Morgan fingerprint density at radius 1 is 1.50 bits per heavy atom. The van der Waals surface area contributed by atoms with E-state index in [1.807, 2.05) is 11.8 Å². The number of halogens is 1. The monoisotopic (exact) mass is 281 g/mol. The summed E-state index contributed by atoms with van der Waals surface area (Å²) in [5.41, 5.74) is -0.327. The molecule has 108 valence electrons. The molecule has 1 aliphatic heterocycles. The number of nitrogens with zero attached hydrogens (tertiary/aromatic N) is 3. The molecule has 0 unspecified atom stereocenters. The van der Waals surface area contributed by atoms with E-state index in [1.165, 1.54) is 0 Å². The number of ether oxygens (including phenoxy) is 1. The molecule has 2 heterocycles. The van der Waals surface area contributed by atoms with Gasteiger partial charge in [-0.3, -0.25) is 10.1 Å². The fourth-order valence-corrected chi connectivity index (χ4v) is 2.64. The Morgan fingerprint density at radius 3 is 2.85 bits per heavy atom.